The van der Waals surface area contributed by atoms with E-state index < -0.39 is 0 Å². The van der Waals surface area contributed by atoms with Gasteiger partial charge in [-0.15, -0.1) is 5.10 Å². The smallest absolute Gasteiger partial charge is 0.209 e. The highest BCUT2D eigenvalue weighted by molar-refractivity contribution is 7.99. The van der Waals surface area contributed by atoms with E-state index in [1.807, 2.05) is 7.05 Å². The van der Waals surface area contributed by atoms with Crippen molar-refractivity contribution >= 4 is 11.8 Å². The zero-order chi connectivity index (χ0) is 9.52. The minimum absolute atomic E-state index is 0.566. The molecule has 6 nitrogen and oxygen atoms in total. The average Bonchev–Trinajstić information content (AvgIpc) is 2.52. The van der Waals surface area contributed by atoms with Crippen LogP contribution in [-0.2, 0) is 11.8 Å². The Morgan fingerprint density at radius 1 is 1.54 bits per heavy atom. The number of hydrogen-bond acceptors (Lipinski definition) is 6. The first-order valence-corrected chi connectivity index (χ1v) is 4.96. The molecule has 0 saturated heterocycles. The van der Waals surface area contributed by atoms with E-state index in [0.29, 0.717) is 19.8 Å². The van der Waals surface area contributed by atoms with E-state index >= 15 is 0 Å². The molecular formula is C6H13N5OS. The van der Waals surface area contributed by atoms with E-state index in [2.05, 4.69) is 15.5 Å². The van der Waals surface area contributed by atoms with Crippen molar-refractivity contribution < 1.29 is 4.74 Å². The zero-order valence-electron chi connectivity index (χ0n) is 7.51. The van der Waals surface area contributed by atoms with Crippen LogP contribution in [-0.4, -0.2) is 45.7 Å². The van der Waals surface area contributed by atoms with Crippen molar-refractivity contribution in [1.29, 1.82) is 0 Å². The number of hydrogen-bond donors (Lipinski definition) is 1. The normalized spacial score (nSPS) is 10.6. The Morgan fingerprint density at radius 3 is 3.00 bits per heavy atom. The highest BCUT2D eigenvalue weighted by atomic mass is 32.2. The molecule has 0 aromatic carbocycles. The van der Waals surface area contributed by atoms with Gasteiger partial charge in [0, 0.05) is 19.3 Å². The highest BCUT2D eigenvalue weighted by Gasteiger charge is 2.01. The molecule has 0 aliphatic heterocycles. The molecule has 74 valence electrons. The fraction of sp³-hybridized carbons (Fsp3) is 0.833. The number of aryl methyl sites for hydroxylation is 1. The van der Waals surface area contributed by atoms with Crippen LogP contribution in [0.1, 0.15) is 0 Å². The molecule has 0 atom stereocenters. The summed E-state index contributed by atoms with van der Waals surface area (Å²) in [6.07, 6.45) is 0. The largest absolute Gasteiger partial charge is 0.379 e. The number of tetrazole rings is 1. The lowest BCUT2D eigenvalue weighted by Gasteiger charge is -2.00. The summed E-state index contributed by atoms with van der Waals surface area (Å²) in [4.78, 5) is 0. The Morgan fingerprint density at radius 2 is 2.38 bits per heavy atom. The lowest BCUT2D eigenvalue weighted by Crippen LogP contribution is -2.10. The van der Waals surface area contributed by atoms with E-state index in [9.17, 15) is 0 Å². The molecule has 1 aromatic rings. The third-order valence-electron chi connectivity index (χ3n) is 1.30. The first-order valence-electron chi connectivity index (χ1n) is 3.97. The number of aromatic nitrogens is 4. The molecular weight excluding hydrogens is 190 g/mol. The number of nitrogens with two attached hydrogens (primary N) is 1. The molecule has 13 heavy (non-hydrogen) atoms. The van der Waals surface area contributed by atoms with Gasteiger partial charge >= 0.3 is 0 Å². The van der Waals surface area contributed by atoms with E-state index in [4.69, 9.17) is 10.5 Å². The lowest BCUT2D eigenvalue weighted by atomic mass is 10.7. The van der Waals surface area contributed by atoms with E-state index in [1.54, 1.807) is 16.4 Å². The van der Waals surface area contributed by atoms with Gasteiger partial charge in [0.1, 0.15) is 0 Å². The summed E-state index contributed by atoms with van der Waals surface area (Å²) >= 11 is 1.57. The van der Waals surface area contributed by atoms with Gasteiger partial charge in [-0.3, -0.25) is 0 Å². The molecule has 1 aromatic heterocycles. The summed E-state index contributed by atoms with van der Waals surface area (Å²) in [6, 6.07) is 0. The minimum atomic E-state index is 0.566. The second-order valence-corrected chi connectivity index (χ2v) is 3.40. The van der Waals surface area contributed by atoms with Crippen LogP contribution in [0.15, 0.2) is 5.16 Å². The fourth-order valence-electron chi connectivity index (χ4n) is 0.721. The van der Waals surface area contributed by atoms with Crippen molar-refractivity contribution in [1.82, 2.24) is 20.2 Å². The molecule has 0 unspecified atom stereocenters. The van der Waals surface area contributed by atoms with E-state index in [1.165, 1.54) is 0 Å². The summed E-state index contributed by atoms with van der Waals surface area (Å²) in [5, 5.41) is 11.8. The Hall–Kier alpha value is -0.660. The Bertz CT molecular complexity index is 241. The zero-order valence-corrected chi connectivity index (χ0v) is 8.33. The summed E-state index contributed by atoms with van der Waals surface area (Å²) in [6.45, 7) is 1.85. The summed E-state index contributed by atoms with van der Waals surface area (Å²) in [5.41, 5.74) is 5.26. The predicted molar refractivity (Wildman–Crippen MR) is 49.4 cm³/mol. The average molecular weight is 203 g/mol. The van der Waals surface area contributed by atoms with Crippen LogP contribution in [0, 0.1) is 0 Å². The minimum Gasteiger partial charge on any atom is -0.379 e. The van der Waals surface area contributed by atoms with E-state index in [0.717, 1.165) is 10.9 Å². The molecule has 0 aliphatic carbocycles. The molecule has 0 aliphatic rings. The molecule has 2 N–H and O–H groups in total. The molecule has 0 radical (unpaired) electrons. The van der Waals surface area contributed by atoms with Crippen molar-refractivity contribution in [3.8, 4) is 0 Å². The van der Waals surface area contributed by atoms with Crippen molar-refractivity contribution in [2.45, 2.75) is 5.16 Å². The molecule has 7 heteroatoms. The topological polar surface area (TPSA) is 78.8 Å². The molecule has 1 rings (SSSR count). The van der Waals surface area contributed by atoms with Gasteiger partial charge < -0.3 is 10.5 Å². The Kier molecular flexibility index (Phi) is 4.73. The van der Waals surface area contributed by atoms with Gasteiger partial charge in [0.2, 0.25) is 5.16 Å². The standard InChI is InChI=1S/C6H13N5OS/c1-11-6(8-9-10-11)13-5-4-12-3-2-7/h2-5,7H2,1H3. The Labute approximate surface area is 80.8 Å². The van der Waals surface area contributed by atoms with Crippen LogP contribution in [0.3, 0.4) is 0 Å². The predicted octanol–water partition coefficient (Wildman–Crippen LogP) is -0.722. The maximum absolute atomic E-state index is 5.26. The lowest BCUT2D eigenvalue weighted by molar-refractivity contribution is 0.158. The van der Waals surface area contributed by atoms with Crippen LogP contribution in [0.2, 0.25) is 0 Å². The van der Waals surface area contributed by atoms with Gasteiger partial charge in [0.05, 0.1) is 13.2 Å². The van der Waals surface area contributed by atoms with Gasteiger partial charge in [0.25, 0.3) is 0 Å². The van der Waals surface area contributed by atoms with E-state index in [-0.39, 0.29) is 0 Å². The third-order valence-corrected chi connectivity index (χ3v) is 2.28. The summed E-state index contributed by atoms with van der Waals surface area (Å²) < 4.78 is 6.83. The molecule has 0 amide bonds. The molecule has 0 spiro atoms. The second-order valence-electron chi connectivity index (χ2n) is 2.33. The molecule has 0 bridgehead atoms. The quantitative estimate of drug-likeness (QED) is 0.485. The SMILES string of the molecule is Cn1nnnc1SCCOCCN. The van der Waals surface area contributed by atoms with Crippen LogP contribution in [0.4, 0.5) is 0 Å². The van der Waals surface area contributed by atoms with Crippen LogP contribution in [0.5, 0.6) is 0 Å². The number of nitrogens with zero attached hydrogens (tertiary/aromatic N) is 4. The summed E-state index contributed by atoms with van der Waals surface area (Å²) in [5.74, 6) is 0.841. The highest BCUT2D eigenvalue weighted by Crippen LogP contribution is 2.10. The molecule has 0 saturated carbocycles. The first-order chi connectivity index (χ1) is 6.34. The summed E-state index contributed by atoms with van der Waals surface area (Å²) in [7, 11) is 1.81. The van der Waals surface area contributed by atoms with Crippen LogP contribution < -0.4 is 5.73 Å². The van der Waals surface area contributed by atoms with Gasteiger partial charge in [-0.25, -0.2) is 4.68 Å². The number of ether oxygens (including phenoxy) is 1. The molecule has 0 fully saturated rings. The molecule has 1 heterocycles. The first kappa shape index (κ1) is 10.4. The van der Waals surface area contributed by atoms with Gasteiger partial charge in [-0.2, -0.15) is 0 Å². The van der Waals surface area contributed by atoms with Crippen molar-refractivity contribution in [3.05, 3.63) is 0 Å². The maximum atomic E-state index is 5.26. The monoisotopic (exact) mass is 203 g/mol. The van der Waals surface area contributed by atoms with Crippen molar-refractivity contribution in [2.75, 3.05) is 25.5 Å². The van der Waals surface area contributed by atoms with Gasteiger partial charge in [-0.1, -0.05) is 11.8 Å². The fourth-order valence-corrected chi connectivity index (χ4v) is 1.42. The third kappa shape index (κ3) is 3.71. The number of rotatable bonds is 6. The Balaban J connectivity index is 2.10. The van der Waals surface area contributed by atoms with Crippen molar-refractivity contribution in [2.24, 2.45) is 12.8 Å². The van der Waals surface area contributed by atoms with Crippen LogP contribution in [0.25, 0.3) is 0 Å². The maximum Gasteiger partial charge on any atom is 0.209 e. The van der Waals surface area contributed by atoms with Crippen LogP contribution >= 0.6 is 11.8 Å². The van der Waals surface area contributed by atoms with Gasteiger partial charge in [-0.05, 0) is 10.4 Å². The second kappa shape index (κ2) is 5.90. The van der Waals surface area contributed by atoms with Crippen molar-refractivity contribution in [3.63, 3.8) is 0 Å². The number of thioether (sulfide) groups is 1. The van der Waals surface area contributed by atoms with Gasteiger partial charge in [0.15, 0.2) is 0 Å².